The van der Waals surface area contributed by atoms with Crippen molar-refractivity contribution >= 4 is 17.8 Å². The van der Waals surface area contributed by atoms with Crippen molar-refractivity contribution in [2.24, 2.45) is 0 Å². The van der Waals surface area contributed by atoms with E-state index in [1.165, 1.54) is 185 Å². The van der Waals surface area contributed by atoms with Crippen LogP contribution in [-0.4, -0.2) is 24.4 Å². The Hall–Kier alpha value is -0.370. The Balaban J connectivity index is -0.000000959. The molecule has 0 aliphatic carbocycles. The number of carbonyl (C=O) groups is 3. The van der Waals surface area contributed by atoms with E-state index < -0.39 is 11.9 Å². The molecule has 290 valence electrons. The minimum atomic E-state index is -1.32. The van der Waals surface area contributed by atoms with E-state index in [2.05, 4.69) is 19.2 Å². The summed E-state index contributed by atoms with van der Waals surface area (Å²) < 4.78 is 0. The van der Waals surface area contributed by atoms with Crippen molar-refractivity contribution in [1.29, 1.82) is 0 Å². The van der Waals surface area contributed by atoms with Crippen LogP contribution in [0.3, 0.4) is 0 Å². The monoisotopic (exact) mass is 746 g/mol. The number of carboxylic acid groups (broad SMARTS) is 2. The van der Waals surface area contributed by atoms with Crippen LogP contribution in [0.2, 0.25) is 0 Å². The number of unbranched alkanes of at least 4 members (excludes halogenated alkanes) is 29. The van der Waals surface area contributed by atoms with E-state index in [0.717, 1.165) is 25.7 Å². The third kappa shape index (κ3) is 39.3. The van der Waals surface area contributed by atoms with Gasteiger partial charge in [0.2, 0.25) is 0 Å². The summed E-state index contributed by atoms with van der Waals surface area (Å²) in [7, 11) is 0. The molecule has 0 radical (unpaired) electrons. The Morgan fingerprint density at radius 2 is 0.731 bits per heavy atom. The molecule has 52 heavy (non-hydrogen) atoms. The van der Waals surface area contributed by atoms with Gasteiger partial charge >= 0.3 is 59.1 Å². The molecule has 0 aliphatic heterocycles. The largest absolute Gasteiger partial charge is 1.00 e. The molecule has 0 saturated heterocycles. The smallest absolute Gasteiger partial charge is 0.550 e. The number of nitrogens with one attached hydrogen (secondary N) is 1. The zero-order valence-electron chi connectivity index (χ0n) is 34.7. The molecular weight excluding hydrogens is 668 g/mol. The molecule has 1 aromatic rings. The second-order valence-corrected chi connectivity index (χ2v) is 14.5. The molecule has 0 bridgehead atoms. The molecule has 0 saturated carbocycles. The summed E-state index contributed by atoms with van der Waals surface area (Å²) in [5.74, 6) is -2.56. The van der Waals surface area contributed by atoms with Gasteiger partial charge < -0.3 is 25.1 Å². The molecule has 8 heteroatoms. The summed E-state index contributed by atoms with van der Waals surface area (Å²) in [6.07, 6.45) is 40.9. The van der Waals surface area contributed by atoms with Crippen LogP contribution in [0.4, 0.5) is 0 Å². The topological polar surface area (TPSA) is 109 Å². The number of carboxylic acids is 2. The average Bonchev–Trinajstić information content (AvgIpc) is 3.11. The fourth-order valence-electron chi connectivity index (χ4n) is 6.47. The number of hydrogen-bond acceptors (Lipinski definition) is 5. The van der Waals surface area contributed by atoms with Crippen molar-refractivity contribution in [2.75, 3.05) is 6.54 Å². The van der Waals surface area contributed by atoms with Crippen LogP contribution in [0.25, 0.3) is 0 Å². The molecule has 0 unspecified atom stereocenters. The van der Waals surface area contributed by atoms with Gasteiger partial charge in [-0.05, 0) is 25.3 Å². The van der Waals surface area contributed by atoms with Gasteiger partial charge in [-0.3, -0.25) is 4.79 Å². The van der Waals surface area contributed by atoms with Gasteiger partial charge in [-0.1, -0.05) is 218 Å². The normalized spacial score (nSPS) is 10.4. The van der Waals surface area contributed by atoms with Crippen LogP contribution < -0.4 is 74.6 Å². The van der Waals surface area contributed by atoms with Gasteiger partial charge in [0, 0.05) is 23.6 Å². The molecule has 0 atom stereocenters. The molecule has 1 rings (SSSR count). The van der Waals surface area contributed by atoms with Crippen LogP contribution in [0.1, 0.15) is 240 Å². The second kappa shape index (κ2) is 45.0. The third-order valence-corrected chi connectivity index (χ3v) is 9.69. The molecule has 0 fully saturated rings. The second-order valence-electron chi connectivity index (χ2n) is 14.5. The van der Waals surface area contributed by atoms with Gasteiger partial charge in [-0.25, -0.2) is 0 Å². The van der Waals surface area contributed by atoms with Crippen LogP contribution in [0, 0.1) is 0 Å². The summed E-state index contributed by atoms with van der Waals surface area (Å²) in [5.41, 5.74) is 0.121. The Labute approximate surface area is 365 Å². The fraction of sp³-hybridized carbons (Fsp3) is 0.795. The third-order valence-electron chi connectivity index (χ3n) is 9.69. The molecule has 1 aromatic carbocycles. The maximum atomic E-state index is 12.1. The predicted octanol–water partition coefficient (Wildman–Crippen LogP) is 5.05. The van der Waals surface area contributed by atoms with Crippen LogP contribution in [0.5, 0.6) is 0 Å². The average molecular weight is 746 g/mol. The number of aliphatic carboxylic acids is 1. The van der Waals surface area contributed by atoms with Crippen LogP contribution in [-0.2, 0) is 4.79 Å². The van der Waals surface area contributed by atoms with Crippen molar-refractivity contribution < 1.29 is 83.7 Å². The van der Waals surface area contributed by atoms with Gasteiger partial charge in [0.05, 0.1) is 5.97 Å². The number of rotatable bonds is 35. The van der Waals surface area contributed by atoms with Crippen molar-refractivity contribution in [3.8, 4) is 0 Å². The summed E-state index contributed by atoms with van der Waals surface area (Å²) >= 11 is 0. The quantitative estimate of drug-likeness (QED) is 0.0774. The summed E-state index contributed by atoms with van der Waals surface area (Å²) in [5, 5.41) is 24.1. The summed E-state index contributed by atoms with van der Waals surface area (Å²) in [6, 6.07) is 6.18. The summed E-state index contributed by atoms with van der Waals surface area (Å²) in [4.78, 5) is 33.4. The number of carbonyl (C=O) groups excluding carboxylic acids is 3. The van der Waals surface area contributed by atoms with E-state index in [1.54, 1.807) is 12.1 Å². The van der Waals surface area contributed by atoms with Crippen LogP contribution in [0.15, 0.2) is 24.3 Å². The van der Waals surface area contributed by atoms with Gasteiger partial charge in [0.15, 0.2) is 0 Å². The fourth-order valence-corrected chi connectivity index (χ4v) is 6.47. The van der Waals surface area contributed by atoms with Crippen molar-refractivity contribution in [3.63, 3.8) is 0 Å². The number of benzene rings is 1. The number of hydrogen-bond donors (Lipinski definition) is 1. The van der Waals surface area contributed by atoms with Gasteiger partial charge in [0.25, 0.3) is 5.91 Å². The summed E-state index contributed by atoms with van der Waals surface area (Å²) in [6.45, 7) is 5.12. The first kappa shape index (κ1) is 56.0. The van der Waals surface area contributed by atoms with Gasteiger partial charge in [-0.2, -0.15) is 0 Å². The van der Waals surface area contributed by atoms with E-state index in [-0.39, 0.29) is 82.6 Å². The van der Waals surface area contributed by atoms with Gasteiger partial charge in [-0.15, -0.1) is 0 Å². The SMILES string of the molecule is CCCCCCCCCCCCCCCCCC(=O)[O-].CCCCCCCCCCCCCCCCCCNC(=O)c1ccccc1C(=O)[O-].[Na+].[Na+]. The molecule has 0 aromatic heterocycles. The van der Waals surface area contributed by atoms with E-state index in [9.17, 15) is 24.6 Å². The van der Waals surface area contributed by atoms with E-state index in [1.807, 2.05) is 0 Å². The Morgan fingerprint density at radius 3 is 1.04 bits per heavy atom. The van der Waals surface area contributed by atoms with E-state index >= 15 is 0 Å². The molecule has 1 N–H and O–H groups in total. The minimum absolute atomic E-state index is 0. The maximum Gasteiger partial charge on any atom is 1.00 e. The first-order valence-corrected chi connectivity index (χ1v) is 21.2. The Kier molecular flexibility index (Phi) is 48.5. The molecule has 6 nitrogen and oxygen atoms in total. The Morgan fingerprint density at radius 1 is 0.442 bits per heavy atom. The van der Waals surface area contributed by atoms with Crippen LogP contribution >= 0.6 is 0 Å². The van der Waals surface area contributed by atoms with Gasteiger partial charge in [0.1, 0.15) is 0 Å². The van der Waals surface area contributed by atoms with Crippen molar-refractivity contribution in [3.05, 3.63) is 35.4 Å². The maximum absolute atomic E-state index is 12.1. The first-order valence-electron chi connectivity index (χ1n) is 21.2. The molecule has 0 aliphatic rings. The van der Waals surface area contributed by atoms with Crippen molar-refractivity contribution in [1.82, 2.24) is 5.32 Å². The Bertz CT molecular complexity index is 930. The number of aromatic carboxylic acids is 1. The molecule has 1 amide bonds. The predicted molar refractivity (Wildman–Crippen MR) is 207 cm³/mol. The molecular formula is C44H77NNa2O5. The first-order chi connectivity index (χ1) is 24.4. The zero-order valence-corrected chi connectivity index (χ0v) is 38.7. The van der Waals surface area contributed by atoms with E-state index in [4.69, 9.17) is 0 Å². The molecule has 0 spiro atoms. The zero-order chi connectivity index (χ0) is 36.8. The minimum Gasteiger partial charge on any atom is -0.550 e. The van der Waals surface area contributed by atoms with E-state index in [0.29, 0.717) is 6.54 Å². The molecule has 0 heterocycles. The standard InChI is InChI=1S/C26H43NO3.C18H36O2.2Na/c1-2-3-4-5-6-7-8-9-10-11-12-13-14-15-16-19-22-27-25(28)23-20-17-18-21-24(23)26(29)30;1-2-3-4-5-6-7-8-9-10-11-12-13-14-15-16-17-18(19)20;;/h17-18,20-21H,2-16,19,22H2,1H3,(H,27,28)(H,29,30);2-17H2,1H3,(H,19,20);;/q;;2*+1/p-2. The number of amides is 1. The van der Waals surface area contributed by atoms with Crippen molar-refractivity contribution in [2.45, 2.75) is 219 Å².